The molecule has 0 aliphatic rings. The molecule has 1 unspecified atom stereocenters. The van der Waals surface area contributed by atoms with Crippen molar-refractivity contribution in [2.45, 2.75) is 19.4 Å². The van der Waals surface area contributed by atoms with E-state index in [-0.39, 0.29) is 10.9 Å². The summed E-state index contributed by atoms with van der Waals surface area (Å²) in [4.78, 5) is 4.10. The van der Waals surface area contributed by atoms with Gasteiger partial charge in [-0.15, -0.1) is 0 Å². The average molecular weight is 227 g/mol. The lowest BCUT2D eigenvalue weighted by Gasteiger charge is -2.03. The minimum atomic E-state index is -0.492. The van der Waals surface area contributed by atoms with Crippen LogP contribution in [0, 0.1) is 0 Å². The number of rotatable bonds is 2. The molecule has 80 valence electrons. The van der Waals surface area contributed by atoms with Gasteiger partial charge in [-0.2, -0.15) is 0 Å². The predicted octanol–water partition coefficient (Wildman–Crippen LogP) is 1.62. The van der Waals surface area contributed by atoms with Gasteiger partial charge in [0.15, 0.2) is 5.15 Å². The molecule has 1 atom stereocenters. The first-order valence-corrected chi connectivity index (χ1v) is 5.00. The molecule has 5 heteroatoms. The van der Waals surface area contributed by atoms with E-state index in [0.29, 0.717) is 17.8 Å². The van der Waals surface area contributed by atoms with Gasteiger partial charge < -0.3 is 10.2 Å². The molecule has 0 radical (unpaired) electrons. The predicted molar refractivity (Wildman–Crippen MR) is 57.3 cm³/mol. The van der Waals surface area contributed by atoms with Crippen LogP contribution in [-0.4, -0.2) is 25.7 Å². The summed E-state index contributed by atoms with van der Waals surface area (Å²) in [5, 5.41) is 19.1. The van der Waals surface area contributed by atoms with E-state index < -0.39 is 6.10 Å². The van der Waals surface area contributed by atoms with Crippen molar-refractivity contribution >= 4 is 17.1 Å². The molecule has 2 aromatic rings. The van der Waals surface area contributed by atoms with E-state index in [4.69, 9.17) is 11.6 Å². The molecule has 4 nitrogen and oxygen atoms in total. The summed E-state index contributed by atoms with van der Waals surface area (Å²) in [6.07, 6.45) is 1.66. The fourth-order valence-corrected chi connectivity index (χ4v) is 1.83. The Kier molecular flexibility index (Phi) is 2.54. The molecule has 0 saturated heterocycles. The van der Waals surface area contributed by atoms with Crippen molar-refractivity contribution in [2.75, 3.05) is 0 Å². The quantitative estimate of drug-likeness (QED) is 0.818. The van der Waals surface area contributed by atoms with Crippen molar-refractivity contribution in [3.05, 3.63) is 29.3 Å². The smallest absolute Gasteiger partial charge is 0.158 e. The minimum Gasteiger partial charge on any atom is -0.506 e. The molecule has 2 aromatic heterocycles. The van der Waals surface area contributed by atoms with Crippen LogP contribution in [0.25, 0.3) is 5.52 Å². The van der Waals surface area contributed by atoms with Gasteiger partial charge in [0.1, 0.15) is 17.1 Å². The molecule has 0 bridgehead atoms. The van der Waals surface area contributed by atoms with Crippen molar-refractivity contribution in [1.82, 2.24) is 9.38 Å². The largest absolute Gasteiger partial charge is 0.506 e. The fourth-order valence-electron chi connectivity index (χ4n) is 1.55. The number of aromatic hydroxyl groups is 1. The Hall–Kier alpha value is -1.26. The van der Waals surface area contributed by atoms with E-state index in [1.807, 2.05) is 0 Å². The van der Waals surface area contributed by atoms with Crippen molar-refractivity contribution in [2.24, 2.45) is 0 Å². The highest BCUT2D eigenvalue weighted by Crippen LogP contribution is 2.26. The van der Waals surface area contributed by atoms with Gasteiger partial charge in [0.25, 0.3) is 0 Å². The third kappa shape index (κ3) is 1.78. The number of aromatic nitrogens is 2. The van der Waals surface area contributed by atoms with Gasteiger partial charge >= 0.3 is 0 Å². The number of nitrogens with zero attached hydrogens (tertiary/aromatic N) is 2. The van der Waals surface area contributed by atoms with Crippen LogP contribution in [0.15, 0.2) is 18.3 Å². The summed E-state index contributed by atoms with van der Waals surface area (Å²) >= 11 is 5.89. The number of halogens is 1. The van der Waals surface area contributed by atoms with Crippen LogP contribution >= 0.6 is 11.6 Å². The molecule has 0 saturated carbocycles. The first-order valence-electron chi connectivity index (χ1n) is 4.62. The van der Waals surface area contributed by atoms with Crippen molar-refractivity contribution in [3.63, 3.8) is 0 Å². The van der Waals surface area contributed by atoms with Crippen LogP contribution in [0.2, 0.25) is 5.15 Å². The maximum absolute atomic E-state index is 9.59. The molecule has 0 fully saturated rings. The van der Waals surface area contributed by atoms with Crippen molar-refractivity contribution < 1.29 is 10.2 Å². The second-order valence-corrected chi connectivity index (χ2v) is 3.84. The fraction of sp³-hybridized carbons (Fsp3) is 0.300. The van der Waals surface area contributed by atoms with E-state index in [0.717, 1.165) is 0 Å². The van der Waals surface area contributed by atoms with E-state index >= 15 is 0 Å². The Morgan fingerprint density at radius 2 is 2.33 bits per heavy atom. The summed E-state index contributed by atoms with van der Waals surface area (Å²) in [6.45, 7) is 1.68. The summed E-state index contributed by atoms with van der Waals surface area (Å²) < 4.78 is 1.68. The molecular formula is C10H11ClN2O2. The zero-order valence-electron chi connectivity index (χ0n) is 8.18. The Labute approximate surface area is 91.8 Å². The molecule has 0 aliphatic carbocycles. The molecule has 2 N–H and O–H groups in total. The molecule has 0 amide bonds. The van der Waals surface area contributed by atoms with Crippen LogP contribution in [0.4, 0.5) is 0 Å². The van der Waals surface area contributed by atoms with Crippen LogP contribution in [-0.2, 0) is 6.42 Å². The summed E-state index contributed by atoms with van der Waals surface area (Å²) in [6, 6.07) is 3.25. The highest BCUT2D eigenvalue weighted by Gasteiger charge is 2.13. The molecule has 0 aliphatic heterocycles. The van der Waals surface area contributed by atoms with E-state index in [1.165, 1.54) is 0 Å². The number of pyridine rings is 1. The summed E-state index contributed by atoms with van der Waals surface area (Å²) in [5.41, 5.74) is 0.481. The number of hydrogen-bond acceptors (Lipinski definition) is 3. The van der Waals surface area contributed by atoms with Gasteiger partial charge in [0.05, 0.1) is 6.10 Å². The van der Waals surface area contributed by atoms with Crippen molar-refractivity contribution in [3.8, 4) is 5.75 Å². The van der Waals surface area contributed by atoms with E-state index in [9.17, 15) is 10.2 Å². The molecule has 15 heavy (non-hydrogen) atoms. The average Bonchev–Trinajstić information content (AvgIpc) is 2.44. The first-order chi connectivity index (χ1) is 7.09. The number of aliphatic hydroxyl groups is 1. The highest BCUT2D eigenvalue weighted by atomic mass is 35.5. The molecule has 0 spiro atoms. The van der Waals surface area contributed by atoms with Crippen LogP contribution in [0.5, 0.6) is 5.75 Å². The second-order valence-electron chi connectivity index (χ2n) is 3.48. The second kappa shape index (κ2) is 3.72. The SMILES string of the molecule is CC(O)Cc1nc(Cl)c2c(O)cccn12. The zero-order valence-corrected chi connectivity index (χ0v) is 8.94. The number of fused-ring (bicyclic) bond motifs is 1. The summed E-state index contributed by atoms with van der Waals surface area (Å²) in [5.74, 6) is 0.729. The number of imidazole rings is 1. The zero-order chi connectivity index (χ0) is 11.0. The Morgan fingerprint density at radius 1 is 1.60 bits per heavy atom. The third-order valence-corrected chi connectivity index (χ3v) is 2.41. The molecule has 2 rings (SSSR count). The monoisotopic (exact) mass is 226 g/mol. The van der Waals surface area contributed by atoms with Gasteiger partial charge in [-0.1, -0.05) is 11.6 Å². The van der Waals surface area contributed by atoms with E-state index in [1.54, 1.807) is 29.7 Å². The lowest BCUT2D eigenvalue weighted by atomic mass is 10.3. The number of hydrogen-bond donors (Lipinski definition) is 2. The lowest BCUT2D eigenvalue weighted by molar-refractivity contribution is 0.192. The first kappa shape index (κ1) is 10.3. The van der Waals surface area contributed by atoms with Crippen LogP contribution in [0.1, 0.15) is 12.7 Å². The summed E-state index contributed by atoms with van der Waals surface area (Å²) in [7, 11) is 0. The van der Waals surface area contributed by atoms with Crippen LogP contribution < -0.4 is 0 Å². The topological polar surface area (TPSA) is 57.8 Å². The highest BCUT2D eigenvalue weighted by molar-refractivity contribution is 6.33. The molecular weight excluding hydrogens is 216 g/mol. The lowest BCUT2D eigenvalue weighted by Crippen LogP contribution is -2.07. The van der Waals surface area contributed by atoms with Gasteiger partial charge in [0, 0.05) is 12.6 Å². The van der Waals surface area contributed by atoms with Gasteiger partial charge in [-0.25, -0.2) is 4.98 Å². The number of aliphatic hydroxyl groups excluding tert-OH is 1. The van der Waals surface area contributed by atoms with Gasteiger partial charge in [-0.05, 0) is 19.1 Å². The Balaban J connectivity index is 2.63. The van der Waals surface area contributed by atoms with E-state index in [2.05, 4.69) is 4.98 Å². The normalized spacial score (nSPS) is 13.3. The minimum absolute atomic E-state index is 0.0897. The Morgan fingerprint density at radius 3 is 3.00 bits per heavy atom. The molecule has 2 heterocycles. The maximum Gasteiger partial charge on any atom is 0.158 e. The van der Waals surface area contributed by atoms with Crippen LogP contribution in [0.3, 0.4) is 0 Å². The maximum atomic E-state index is 9.59. The molecule has 0 aromatic carbocycles. The van der Waals surface area contributed by atoms with Crippen molar-refractivity contribution in [1.29, 1.82) is 0 Å². The Bertz CT molecular complexity index is 493. The van der Waals surface area contributed by atoms with Gasteiger partial charge in [-0.3, -0.25) is 4.40 Å². The standard InChI is InChI=1S/C10H11ClN2O2/c1-6(14)5-8-12-10(11)9-7(15)3-2-4-13(8)9/h2-4,6,14-15H,5H2,1H3. The van der Waals surface area contributed by atoms with Gasteiger partial charge in [0.2, 0.25) is 0 Å². The third-order valence-electron chi connectivity index (χ3n) is 2.15.